The summed E-state index contributed by atoms with van der Waals surface area (Å²) < 4.78 is 17.9. The number of hydrogen-bond donors (Lipinski definition) is 1. The summed E-state index contributed by atoms with van der Waals surface area (Å²) in [6, 6.07) is 5.65. The predicted molar refractivity (Wildman–Crippen MR) is 67.8 cm³/mol. The van der Waals surface area contributed by atoms with Crippen molar-refractivity contribution in [3.8, 4) is 23.6 Å². The molecule has 0 atom stereocenters. The van der Waals surface area contributed by atoms with Crippen LogP contribution in [0.1, 0.15) is 16.1 Å². The van der Waals surface area contributed by atoms with Gasteiger partial charge in [0.2, 0.25) is 0 Å². The number of carbonyl (C=O) groups excluding carboxylic acids is 1. The molecule has 0 unspecified atom stereocenters. The Balaban J connectivity index is 2.40. The van der Waals surface area contributed by atoms with Gasteiger partial charge in [-0.2, -0.15) is 0 Å². The molecule has 0 aliphatic rings. The monoisotopic (exact) mass is 258 g/mol. The number of hydrogen-bond acceptors (Lipinski definition) is 3. The molecule has 0 fully saturated rings. The summed E-state index contributed by atoms with van der Waals surface area (Å²) in [6.07, 6.45) is 5.09. The van der Waals surface area contributed by atoms with Crippen molar-refractivity contribution >= 4 is 5.91 Å². The first-order valence-corrected chi connectivity index (χ1v) is 5.57. The van der Waals surface area contributed by atoms with Gasteiger partial charge in [-0.1, -0.05) is 11.1 Å². The van der Waals surface area contributed by atoms with Crippen LogP contribution in [0.2, 0.25) is 0 Å². The number of benzene rings is 1. The predicted octanol–water partition coefficient (Wildman–Crippen LogP) is 2.15. The molecular weight excluding hydrogens is 247 g/mol. The average molecular weight is 258 g/mol. The number of halogens is 1. The van der Waals surface area contributed by atoms with E-state index < -0.39 is 0 Å². The van der Waals surface area contributed by atoms with Gasteiger partial charge in [0.25, 0.3) is 5.91 Å². The molecule has 2 aromatic rings. The molecule has 2 rings (SSSR count). The van der Waals surface area contributed by atoms with Crippen molar-refractivity contribution in [3.05, 3.63) is 41.4 Å². The molecule has 5 heteroatoms. The highest BCUT2D eigenvalue weighted by Crippen LogP contribution is 2.25. The third kappa shape index (κ3) is 2.63. The van der Waals surface area contributed by atoms with E-state index in [-0.39, 0.29) is 18.3 Å². The van der Waals surface area contributed by atoms with Crippen LogP contribution < -0.4 is 5.32 Å². The van der Waals surface area contributed by atoms with Crippen LogP contribution in [0.4, 0.5) is 4.39 Å². The molecule has 0 saturated heterocycles. The number of amides is 1. The lowest BCUT2D eigenvalue weighted by atomic mass is 10.1. The van der Waals surface area contributed by atoms with Crippen LogP contribution in [0.15, 0.2) is 28.8 Å². The van der Waals surface area contributed by atoms with Gasteiger partial charge in [-0.25, -0.2) is 4.39 Å². The van der Waals surface area contributed by atoms with E-state index in [1.54, 1.807) is 6.92 Å². The molecule has 1 aromatic heterocycles. The van der Waals surface area contributed by atoms with Gasteiger partial charge in [-0.05, 0) is 31.2 Å². The molecule has 0 spiro atoms. The van der Waals surface area contributed by atoms with Crippen LogP contribution in [0.3, 0.4) is 0 Å². The smallest absolute Gasteiger partial charge is 0.257 e. The zero-order valence-electron chi connectivity index (χ0n) is 10.2. The summed E-state index contributed by atoms with van der Waals surface area (Å²) >= 11 is 0. The van der Waals surface area contributed by atoms with Crippen LogP contribution in [0, 0.1) is 25.1 Å². The van der Waals surface area contributed by atoms with E-state index in [2.05, 4.69) is 16.4 Å². The lowest BCUT2D eigenvalue weighted by Crippen LogP contribution is -2.24. The van der Waals surface area contributed by atoms with Crippen LogP contribution in [0.5, 0.6) is 0 Å². The lowest BCUT2D eigenvalue weighted by molar-refractivity contribution is 0.0957. The Morgan fingerprint density at radius 2 is 2.16 bits per heavy atom. The molecule has 0 radical (unpaired) electrons. The topological polar surface area (TPSA) is 55.1 Å². The number of nitrogens with zero attached hydrogens (tertiary/aromatic N) is 1. The maximum atomic E-state index is 12.9. The van der Waals surface area contributed by atoms with E-state index in [4.69, 9.17) is 10.9 Å². The minimum Gasteiger partial charge on any atom is -0.360 e. The Labute approximate surface area is 109 Å². The SMILES string of the molecule is C#CCNC(=O)c1c(-c2ccc(F)cc2)noc1C. The molecular formula is C14H11FN2O2. The standard InChI is InChI=1S/C14H11FN2O2/c1-3-8-16-14(18)12-9(2)19-17-13(12)10-4-6-11(15)7-5-10/h1,4-7H,8H2,2H3,(H,16,18). The minimum absolute atomic E-state index is 0.117. The summed E-state index contributed by atoms with van der Waals surface area (Å²) in [5, 5.41) is 6.38. The van der Waals surface area contributed by atoms with Gasteiger partial charge in [0, 0.05) is 5.56 Å². The van der Waals surface area contributed by atoms with Crippen molar-refractivity contribution in [2.24, 2.45) is 0 Å². The third-order valence-corrected chi connectivity index (χ3v) is 2.56. The summed E-state index contributed by atoms with van der Waals surface area (Å²) in [6.45, 7) is 1.75. The third-order valence-electron chi connectivity index (χ3n) is 2.56. The molecule has 0 aliphatic heterocycles. The Bertz CT molecular complexity index is 638. The number of aryl methyl sites for hydroxylation is 1. The molecule has 4 nitrogen and oxygen atoms in total. The summed E-state index contributed by atoms with van der Waals surface area (Å²) in [4.78, 5) is 12.0. The Morgan fingerprint density at radius 3 is 2.79 bits per heavy atom. The van der Waals surface area contributed by atoms with Gasteiger partial charge in [0.15, 0.2) is 0 Å². The van der Waals surface area contributed by atoms with Gasteiger partial charge >= 0.3 is 0 Å². The molecule has 1 aromatic carbocycles. The van der Waals surface area contributed by atoms with Gasteiger partial charge in [-0.15, -0.1) is 6.42 Å². The van der Waals surface area contributed by atoms with Gasteiger partial charge < -0.3 is 9.84 Å². The molecule has 1 heterocycles. The average Bonchev–Trinajstić information content (AvgIpc) is 2.79. The van der Waals surface area contributed by atoms with Crippen LogP contribution in [0.25, 0.3) is 11.3 Å². The first-order chi connectivity index (χ1) is 9.13. The maximum Gasteiger partial charge on any atom is 0.257 e. The van der Waals surface area contributed by atoms with Crippen LogP contribution in [-0.2, 0) is 0 Å². The molecule has 0 bridgehead atoms. The Hall–Kier alpha value is -2.61. The second kappa shape index (κ2) is 5.36. The van der Waals surface area contributed by atoms with E-state index >= 15 is 0 Å². The van der Waals surface area contributed by atoms with Gasteiger partial charge in [0.05, 0.1) is 6.54 Å². The maximum absolute atomic E-state index is 12.9. The molecule has 1 amide bonds. The largest absolute Gasteiger partial charge is 0.360 e. The number of terminal acetylenes is 1. The molecule has 1 N–H and O–H groups in total. The number of nitrogens with one attached hydrogen (secondary N) is 1. The van der Waals surface area contributed by atoms with E-state index in [0.29, 0.717) is 22.6 Å². The van der Waals surface area contributed by atoms with E-state index in [9.17, 15) is 9.18 Å². The van der Waals surface area contributed by atoms with E-state index in [1.165, 1.54) is 24.3 Å². The van der Waals surface area contributed by atoms with Crippen LogP contribution in [-0.4, -0.2) is 17.6 Å². The van der Waals surface area contributed by atoms with Crippen molar-refractivity contribution < 1.29 is 13.7 Å². The second-order valence-electron chi connectivity index (χ2n) is 3.86. The Morgan fingerprint density at radius 1 is 1.47 bits per heavy atom. The fraction of sp³-hybridized carbons (Fsp3) is 0.143. The Kier molecular flexibility index (Phi) is 3.62. The van der Waals surface area contributed by atoms with Crippen molar-refractivity contribution in [2.75, 3.05) is 6.54 Å². The minimum atomic E-state index is -0.365. The first-order valence-electron chi connectivity index (χ1n) is 5.57. The van der Waals surface area contributed by atoms with Gasteiger partial charge in [0.1, 0.15) is 22.8 Å². The van der Waals surface area contributed by atoms with E-state index in [1.807, 2.05) is 0 Å². The fourth-order valence-electron chi connectivity index (χ4n) is 1.66. The quantitative estimate of drug-likeness (QED) is 0.858. The molecule has 0 saturated carbocycles. The fourth-order valence-corrected chi connectivity index (χ4v) is 1.66. The zero-order chi connectivity index (χ0) is 13.8. The number of rotatable bonds is 3. The highest BCUT2D eigenvalue weighted by Gasteiger charge is 2.21. The van der Waals surface area contributed by atoms with Crippen molar-refractivity contribution in [1.29, 1.82) is 0 Å². The number of aromatic nitrogens is 1. The zero-order valence-corrected chi connectivity index (χ0v) is 10.2. The first kappa shape index (κ1) is 12.8. The highest BCUT2D eigenvalue weighted by molar-refractivity contribution is 6.00. The van der Waals surface area contributed by atoms with Crippen molar-refractivity contribution in [3.63, 3.8) is 0 Å². The highest BCUT2D eigenvalue weighted by atomic mass is 19.1. The number of carbonyl (C=O) groups is 1. The van der Waals surface area contributed by atoms with Crippen molar-refractivity contribution in [2.45, 2.75) is 6.92 Å². The van der Waals surface area contributed by atoms with E-state index in [0.717, 1.165) is 0 Å². The normalized spacial score (nSPS) is 9.95. The molecule has 96 valence electrons. The summed E-state index contributed by atoms with van der Waals surface area (Å²) in [5.74, 6) is 1.97. The summed E-state index contributed by atoms with van der Waals surface area (Å²) in [7, 11) is 0. The van der Waals surface area contributed by atoms with Gasteiger partial charge in [-0.3, -0.25) is 4.79 Å². The summed E-state index contributed by atoms with van der Waals surface area (Å²) in [5.41, 5.74) is 1.28. The van der Waals surface area contributed by atoms with Crippen LogP contribution >= 0.6 is 0 Å². The lowest BCUT2D eigenvalue weighted by Gasteiger charge is -2.02. The molecule has 0 aliphatic carbocycles. The second-order valence-corrected chi connectivity index (χ2v) is 3.86. The van der Waals surface area contributed by atoms with Crippen molar-refractivity contribution in [1.82, 2.24) is 10.5 Å². The molecule has 19 heavy (non-hydrogen) atoms.